The molecule has 1 aromatic heterocycles. The molecule has 1 aliphatic rings. The summed E-state index contributed by atoms with van der Waals surface area (Å²) in [4.78, 5) is 41.8. The molecule has 8 nitrogen and oxygen atoms in total. The third-order valence-corrected chi connectivity index (χ3v) is 5.22. The molecule has 148 valence electrons. The summed E-state index contributed by atoms with van der Waals surface area (Å²) in [6.07, 6.45) is 0. The summed E-state index contributed by atoms with van der Waals surface area (Å²) in [5.74, 6) is -1.44. The minimum atomic E-state index is -0.658. The lowest BCUT2D eigenvalue weighted by atomic mass is 10.2. The minimum Gasteiger partial charge on any atom is -0.454 e. The molecule has 0 spiro atoms. The van der Waals surface area contributed by atoms with E-state index in [1.54, 1.807) is 24.3 Å². The highest BCUT2D eigenvalue weighted by Crippen LogP contribution is 2.28. The molecule has 0 saturated carbocycles. The first-order chi connectivity index (χ1) is 14.1. The van der Waals surface area contributed by atoms with Crippen molar-refractivity contribution in [3.05, 3.63) is 53.5 Å². The monoisotopic (exact) mass is 411 g/mol. The Hall–Kier alpha value is -3.30. The van der Waals surface area contributed by atoms with Gasteiger partial charge in [0.1, 0.15) is 18.2 Å². The van der Waals surface area contributed by atoms with Gasteiger partial charge in [-0.05, 0) is 24.3 Å². The van der Waals surface area contributed by atoms with E-state index in [-0.39, 0.29) is 25.7 Å². The van der Waals surface area contributed by atoms with Gasteiger partial charge in [0.15, 0.2) is 6.61 Å². The maximum Gasteiger partial charge on any atom is 0.332 e. The highest BCUT2D eigenvalue weighted by Gasteiger charge is 2.27. The number of ether oxygens (including phenoxy) is 2. The van der Waals surface area contributed by atoms with E-state index in [1.807, 2.05) is 24.3 Å². The van der Waals surface area contributed by atoms with E-state index < -0.39 is 18.5 Å². The van der Waals surface area contributed by atoms with E-state index >= 15 is 0 Å². The SMILES string of the molecule is O=C1CN(C(=O)COC(=O)COCc2nc3ccccc3s2)c2ccccc2N1. The van der Waals surface area contributed by atoms with Crippen LogP contribution in [0.2, 0.25) is 0 Å². The Morgan fingerprint density at radius 2 is 1.90 bits per heavy atom. The summed E-state index contributed by atoms with van der Waals surface area (Å²) in [7, 11) is 0. The number of benzene rings is 2. The van der Waals surface area contributed by atoms with Crippen molar-refractivity contribution < 1.29 is 23.9 Å². The number of para-hydroxylation sites is 3. The molecule has 9 heteroatoms. The van der Waals surface area contributed by atoms with E-state index in [2.05, 4.69) is 10.3 Å². The Balaban J connectivity index is 1.26. The Labute approximate surface area is 170 Å². The smallest absolute Gasteiger partial charge is 0.332 e. The zero-order chi connectivity index (χ0) is 20.2. The number of anilines is 2. The molecule has 3 aromatic rings. The average Bonchev–Trinajstić information content (AvgIpc) is 3.14. The largest absolute Gasteiger partial charge is 0.454 e. The van der Waals surface area contributed by atoms with Crippen LogP contribution in [0.1, 0.15) is 5.01 Å². The van der Waals surface area contributed by atoms with E-state index in [9.17, 15) is 14.4 Å². The van der Waals surface area contributed by atoms with Crippen molar-refractivity contribution in [2.75, 3.05) is 30.0 Å². The molecule has 2 amide bonds. The zero-order valence-corrected chi connectivity index (χ0v) is 16.1. The van der Waals surface area contributed by atoms with Crippen molar-refractivity contribution in [3.8, 4) is 0 Å². The van der Waals surface area contributed by atoms with Crippen LogP contribution in [0.15, 0.2) is 48.5 Å². The zero-order valence-electron chi connectivity index (χ0n) is 15.3. The van der Waals surface area contributed by atoms with Gasteiger partial charge in [-0.15, -0.1) is 11.3 Å². The third-order valence-electron chi connectivity index (χ3n) is 4.21. The molecule has 1 aliphatic heterocycles. The number of fused-ring (bicyclic) bond motifs is 2. The number of amides is 2. The van der Waals surface area contributed by atoms with Crippen molar-refractivity contribution in [2.24, 2.45) is 0 Å². The Bertz CT molecular complexity index is 1050. The summed E-state index contributed by atoms with van der Waals surface area (Å²) in [6, 6.07) is 14.7. The summed E-state index contributed by atoms with van der Waals surface area (Å²) < 4.78 is 11.4. The summed E-state index contributed by atoms with van der Waals surface area (Å²) in [6.45, 7) is -0.700. The lowest BCUT2D eigenvalue weighted by Gasteiger charge is -2.28. The van der Waals surface area contributed by atoms with Gasteiger partial charge in [-0.25, -0.2) is 9.78 Å². The summed E-state index contributed by atoms with van der Waals surface area (Å²) in [5, 5.41) is 3.45. The minimum absolute atomic E-state index is 0.124. The fourth-order valence-corrected chi connectivity index (χ4v) is 3.83. The van der Waals surface area contributed by atoms with Gasteiger partial charge in [0.05, 0.1) is 28.2 Å². The van der Waals surface area contributed by atoms with Gasteiger partial charge in [-0.3, -0.25) is 14.5 Å². The molecule has 2 heterocycles. The van der Waals surface area contributed by atoms with Gasteiger partial charge in [0.25, 0.3) is 5.91 Å². The quantitative estimate of drug-likeness (QED) is 0.626. The van der Waals surface area contributed by atoms with Crippen LogP contribution in [0.25, 0.3) is 10.2 Å². The van der Waals surface area contributed by atoms with Crippen molar-refractivity contribution in [3.63, 3.8) is 0 Å². The highest BCUT2D eigenvalue weighted by atomic mass is 32.1. The van der Waals surface area contributed by atoms with Crippen LogP contribution in [-0.2, 0) is 30.5 Å². The van der Waals surface area contributed by atoms with Crippen molar-refractivity contribution in [1.82, 2.24) is 4.98 Å². The van der Waals surface area contributed by atoms with Gasteiger partial charge in [0, 0.05) is 0 Å². The standard InChI is InChI=1S/C20H17N3O5S/c24-17-9-23(15-7-3-1-5-13(15)21-17)19(25)11-28-20(26)12-27-10-18-22-14-6-2-4-8-16(14)29-18/h1-8H,9-12H2,(H,21,24). The van der Waals surface area contributed by atoms with Gasteiger partial charge in [-0.1, -0.05) is 24.3 Å². The number of rotatable bonds is 6. The first-order valence-electron chi connectivity index (χ1n) is 8.87. The van der Waals surface area contributed by atoms with Crippen LogP contribution in [0, 0.1) is 0 Å². The lowest BCUT2D eigenvalue weighted by Crippen LogP contribution is -2.44. The van der Waals surface area contributed by atoms with E-state index in [0.29, 0.717) is 11.4 Å². The summed E-state index contributed by atoms with van der Waals surface area (Å²) >= 11 is 1.49. The number of nitrogens with zero attached hydrogens (tertiary/aromatic N) is 2. The number of carbonyl (C=O) groups excluding carboxylic acids is 3. The molecule has 29 heavy (non-hydrogen) atoms. The number of thiazole rings is 1. The molecule has 0 aliphatic carbocycles. The van der Waals surface area contributed by atoms with Crippen molar-refractivity contribution in [1.29, 1.82) is 0 Å². The molecule has 0 bridgehead atoms. The maximum atomic E-state index is 12.4. The van der Waals surface area contributed by atoms with Crippen molar-refractivity contribution >= 4 is 50.7 Å². The molecular formula is C20H17N3O5S. The lowest BCUT2D eigenvalue weighted by molar-refractivity contribution is -0.152. The maximum absolute atomic E-state index is 12.4. The van der Waals surface area contributed by atoms with Gasteiger partial charge >= 0.3 is 5.97 Å². The van der Waals surface area contributed by atoms with Crippen LogP contribution < -0.4 is 10.2 Å². The van der Waals surface area contributed by atoms with E-state index in [1.165, 1.54) is 16.2 Å². The fraction of sp³-hybridized carbons (Fsp3) is 0.200. The third kappa shape index (κ3) is 4.41. The second-order valence-electron chi connectivity index (χ2n) is 6.27. The van der Waals surface area contributed by atoms with Crippen LogP contribution >= 0.6 is 11.3 Å². The van der Waals surface area contributed by atoms with E-state index in [4.69, 9.17) is 9.47 Å². The molecule has 4 rings (SSSR count). The molecule has 0 unspecified atom stereocenters. The summed E-state index contributed by atoms with van der Waals surface area (Å²) in [5.41, 5.74) is 2.00. The van der Waals surface area contributed by atoms with Crippen molar-refractivity contribution in [2.45, 2.75) is 6.61 Å². The first-order valence-corrected chi connectivity index (χ1v) is 9.69. The van der Waals surface area contributed by atoms with E-state index in [0.717, 1.165) is 15.2 Å². The molecule has 1 N–H and O–H groups in total. The van der Waals surface area contributed by atoms with Crippen LogP contribution in [0.5, 0.6) is 0 Å². The second kappa shape index (κ2) is 8.38. The number of carbonyl (C=O) groups is 3. The highest BCUT2D eigenvalue weighted by molar-refractivity contribution is 7.18. The Morgan fingerprint density at radius 3 is 2.76 bits per heavy atom. The molecule has 0 fully saturated rings. The first kappa shape index (κ1) is 19.0. The number of aromatic nitrogens is 1. The predicted molar refractivity (Wildman–Crippen MR) is 108 cm³/mol. The molecule has 0 radical (unpaired) electrons. The molecular weight excluding hydrogens is 394 g/mol. The normalized spacial score (nSPS) is 13.1. The molecule has 0 saturated heterocycles. The fourth-order valence-electron chi connectivity index (χ4n) is 2.92. The number of hydrogen-bond acceptors (Lipinski definition) is 7. The van der Waals surface area contributed by atoms with Gasteiger partial charge in [-0.2, -0.15) is 0 Å². The average molecular weight is 411 g/mol. The number of hydrogen-bond donors (Lipinski definition) is 1. The van der Waals surface area contributed by atoms with Gasteiger partial charge < -0.3 is 14.8 Å². The Kier molecular flexibility index (Phi) is 5.50. The molecule has 0 atom stereocenters. The second-order valence-corrected chi connectivity index (χ2v) is 7.39. The van der Waals surface area contributed by atoms with Gasteiger partial charge in [0.2, 0.25) is 5.91 Å². The Morgan fingerprint density at radius 1 is 1.10 bits per heavy atom. The predicted octanol–water partition coefficient (Wildman–Crippen LogP) is 2.34. The number of esters is 1. The van der Waals surface area contributed by atoms with Crippen LogP contribution in [0.4, 0.5) is 11.4 Å². The van der Waals surface area contributed by atoms with Crippen LogP contribution in [-0.4, -0.2) is 42.5 Å². The number of nitrogens with one attached hydrogen (secondary N) is 1. The topological polar surface area (TPSA) is 97.8 Å². The molecule has 2 aromatic carbocycles. The van der Waals surface area contributed by atoms with Crippen LogP contribution in [0.3, 0.4) is 0 Å².